The Morgan fingerprint density at radius 2 is 2.15 bits per heavy atom. The third kappa shape index (κ3) is 3.02. The molecular formula is C16H23N3O. The Bertz CT molecular complexity index is 561. The van der Waals surface area contributed by atoms with Gasteiger partial charge < -0.3 is 15.0 Å². The van der Waals surface area contributed by atoms with Gasteiger partial charge in [-0.3, -0.25) is 0 Å². The van der Waals surface area contributed by atoms with Gasteiger partial charge in [-0.15, -0.1) is 0 Å². The first-order chi connectivity index (χ1) is 9.67. The Morgan fingerprint density at radius 1 is 1.35 bits per heavy atom. The Kier molecular flexibility index (Phi) is 4.79. The number of nitrogens with zero attached hydrogens (tertiary/aromatic N) is 2. The molecule has 4 heteroatoms. The van der Waals surface area contributed by atoms with Crippen LogP contribution in [-0.4, -0.2) is 16.2 Å². The monoisotopic (exact) mass is 273 g/mol. The standard InChI is InChI=1S/C16H23N3O/c1-4-9-20-14-8-6-7-13(10-14)16-18-11-15(12(3)17)19(16)5-2/h6-8,10-12H,4-5,9,17H2,1-3H3. The highest BCUT2D eigenvalue weighted by Gasteiger charge is 2.13. The molecule has 0 amide bonds. The van der Waals surface area contributed by atoms with Gasteiger partial charge in [-0.2, -0.15) is 0 Å². The van der Waals surface area contributed by atoms with E-state index in [1.807, 2.05) is 31.3 Å². The topological polar surface area (TPSA) is 53.1 Å². The van der Waals surface area contributed by atoms with Gasteiger partial charge in [0.15, 0.2) is 0 Å². The van der Waals surface area contributed by atoms with Crippen molar-refractivity contribution in [1.29, 1.82) is 0 Å². The minimum Gasteiger partial charge on any atom is -0.494 e. The normalized spacial score (nSPS) is 12.4. The Balaban J connectivity index is 2.36. The molecule has 108 valence electrons. The summed E-state index contributed by atoms with van der Waals surface area (Å²) in [7, 11) is 0. The molecular weight excluding hydrogens is 250 g/mol. The smallest absolute Gasteiger partial charge is 0.140 e. The molecule has 1 atom stereocenters. The molecule has 0 bridgehead atoms. The highest BCUT2D eigenvalue weighted by molar-refractivity contribution is 5.58. The fourth-order valence-electron chi connectivity index (χ4n) is 2.26. The number of imidazole rings is 1. The van der Waals surface area contributed by atoms with Gasteiger partial charge in [0.25, 0.3) is 0 Å². The van der Waals surface area contributed by atoms with Crippen LogP contribution < -0.4 is 10.5 Å². The lowest BCUT2D eigenvalue weighted by Gasteiger charge is -2.12. The average molecular weight is 273 g/mol. The van der Waals surface area contributed by atoms with Crippen LogP contribution in [0.15, 0.2) is 30.5 Å². The summed E-state index contributed by atoms with van der Waals surface area (Å²) >= 11 is 0. The van der Waals surface area contributed by atoms with Crippen LogP contribution in [-0.2, 0) is 6.54 Å². The fourth-order valence-corrected chi connectivity index (χ4v) is 2.26. The summed E-state index contributed by atoms with van der Waals surface area (Å²) < 4.78 is 7.84. The van der Waals surface area contributed by atoms with Gasteiger partial charge in [-0.1, -0.05) is 19.1 Å². The molecule has 1 unspecified atom stereocenters. The van der Waals surface area contributed by atoms with Crippen molar-refractivity contribution < 1.29 is 4.74 Å². The van der Waals surface area contributed by atoms with Crippen LogP contribution in [0, 0.1) is 0 Å². The summed E-state index contributed by atoms with van der Waals surface area (Å²) in [6.07, 6.45) is 2.87. The van der Waals surface area contributed by atoms with E-state index in [1.54, 1.807) is 0 Å². The van der Waals surface area contributed by atoms with Crippen LogP contribution >= 0.6 is 0 Å². The molecule has 0 saturated heterocycles. The Morgan fingerprint density at radius 3 is 2.80 bits per heavy atom. The van der Waals surface area contributed by atoms with Crippen molar-refractivity contribution >= 4 is 0 Å². The van der Waals surface area contributed by atoms with E-state index in [1.165, 1.54) is 0 Å². The highest BCUT2D eigenvalue weighted by atomic mass is 16.5. The molecule has 1 aromatic carbocycles. The molecule has 2 aromatic rings. The van der Waals surface area contributed by atoms with Crippen LogP contribution in [0.5, 0.6) is 5.75 Å². The molecule has 20 heavy (non-hydrogen) atoms. The maximum absolute atomic E-state index is 5.99. The largest absolute Gasteiger partial charge is 0.494 e. The van der Waals surface area contributed by atoms with Crippen LogP contribution in [0.25, 0.3) is 11.4 Å². The fraction of sp³-hybridized carbons (Fsp3) is 0.438. The zero-order valence-corrected chi connectivity index (χ0v) is 12.5. The molecule has 1 aromatic heterocycles. The van der Waals surface area contributed by atoms with Crippen molar-refractivity contribution in [3.8, 4) is 17.1 Å². The summed E-state index contributed by atoms with van der Waals surface area (Å²) in [4.78, 5) is 4.53. The van der Waals surface area contributed by atoms with Crippen LogP contribution in [0.2, 0.25) is 0 Å². The molecule has 2 rings (SSSR count). The van der Waals surface area contributed by atoms with Gasteiger partial charge in [0, 0.05) is 18.2 Å². The first kappa shape index (κ1) is 14.6. The molecule has 0 aliphatic rings. The van der Waals surface area contributed by atoms with Crippen molar-refractivity contribution in [2.75, 3.05) is 6.61 Å². The van der Waals surface area contributed by atoms with Crippen LogP contribution in [0.3, 0.4) is 0 Å². The second-order valence-electron chi connectivity index (χ2n) is 4.92. The minimum atomic E-state index is -0.0178. The van der Waals surface area contributed by atoms with E-state index < -0.39 is 0 Å². The number of hydrogen-bond donors (Lipinski definition) is 1. The number of rotatable bonds is 6. The quantitative estimate of drug-likeness (QED) is 0.877. The van der Waals surface area contributed by atoms with E-state index in [4.69, 9.17) is 10.5 Å². The maximum Gasteiger partial charge on any atom is 0.140 e. The van der Waals surface area contributed by atoms with E-state index in [2.05, 4.69) is 29.5 Å². The van der Waals surface area contributed by atoms with E-state index in [0.29, 0.717) is 0 Å². The van der Waals surface area contributed by atoms with Gasteiger partial charge >= 0.3 is 0 Å². The van der Waals surface area contributed by atoms with Gasteiger partial charge in [0.05, 0.1) is 18.5 Å². The average Bonchev–Trinajstić information content (AvgIpc) is 2.89. The van der Waals surface area contributed by atoms with Gasteiger partial charge in [-0.25, -0.2) is 4.98 Å². The molecule has 2 N–H and O–H groups in total. The lowest BCUT2D eigenvalue weighted by molar-refractivity contribution is 0.317. The van der Waals surface area contributed by atoms with Crippen molar-refractivity contribution in [3.05, 3.63) is 36.2 Å². The summed E-state index contributed by atoms with van der Waals surface area (Å²) in [5, 5.41) is 0. The molecule has 0 aliphatic carbocycles. The highest BCUT2D eigenvalue weighted by Crippen LogP contribution is 2.25. The maximum atomic E-state index is 5.99. The molecule has 0 radical (unpaired) electrons. The number of benzene rings is 1. The number of ether oxygens (including phenoxy) is 1. The number of nitrogens with two attached hydrogens (primary N) is 1. The van der Waals surface area contributed by atoms with E-state index >= 15 is 0 Å². The van der Waals surface area contributed by atoms with Gasteiger partial charge in [-0.05, 0) is 32.4 Å². The zero-order chi connectivity index (χ0) is 14.5. The van der Waals surface area contributed by atoms with Crippen LogP contribution in [0.4, 0.5) is 0 Å². The van der Waals surface area contributed by atoms with E-state index in [0.717, 1.165) is 42.4 Å². The van der Waals surface area contributed by atoms with Gasteiger partial charge in [0.1, 0.15) is 11.6 Å². The third-order valence-corrected chi connectivity index (χ3v) is 3.23. The first-order valence-electron chi connectivity index (χ1n) is 7.21. The lowest BCUT2D eigenvalue weighted by Crippen LogP contribution is -2.12. The summed E-state index contributed by atoms with van der Waals surface area (Å²) in [5.74, 6) is 1.83. The molecule has 0 aliphatic heterocycles. The zero-order valence-electron chi connectivity index (χ0n) is 12.5. The summed E-state index contributed by atoms with van der Waals surface area (Å²) in [5.41, 5.74) is 8.11. The molecule has 0 saturated carbocycles. The second kappa shape index (κ2) is 6.57. The molecule has 1 heterocycles. The molecule has 0 spiro atoms. The van der Waals surface area contributed by atoms with E-state index in [-0.39, 0.29) is 6.04 Å². The Hall–Kier alpha value is -1.81. The third-order valence-electron chi connectivity index (χ3n) is 3.23. The predicted molar refractivity (Wildman–Crippen MR) is 81.7 cm³/mol. The number of aromatic nitrogens is 2. The SMILES string of the molecule is CCCOc1cccc(-c2ncc(C(C)N)n2CC)c1. The minimum absolute atomic E-state index is 0.0178. The number of hydrogen-bond acceptors (Lipinski definition) is 3. The molecule has 4 nitrogen and oxygen atoms in total. The summed E-state index contributed by atoms with van der Waals surface area (Å²) in [6.45, 7) is 7.77. The lowest BCUT2D eigenvalue weighted by atomic mass is 10.2. The van der Waals surface area contributed by atoms with Gasteiger partial charge in [0.2, 0.25) is 0 Å². The van der Waals surface area contributed by atoms with E-state index in [9.17, 15) is 0 Å². The first-order valence-corrected chi connectivity index (χ1v) is 7.21. The summed E-state index contributed by atoms with van der Waals surface area (Å²) in [6, 6.07) is 8.05. The molecule has 0 fully saturated rings. The van der Waals surface area contributed by atoms with Crippen molar-refractivity contribution in [2.24, 2.45) is 5.73 Å². The predicted octanol–water partition coefficient (Wildman–Crippen LogP) is 3.38. The van der Waals surface area contributed by atoms with Crippen LogP contribution in [0.1, 0.15) is 38.9 Å². The Labute approximate surface area is 120 Å². The van der Waals surface area contributed by atoms with Crippen molar-refractivity contribution in [2.45, 2.75) is 39.8 Å². The van der Waals surface area contributed by atoms with Crippen molar-refractivity contribution in [3.63, 3.8) is 0 Å². The second-order valence-corrected chi connectivity index (χ2v) is 4.92. The van der Waals surface area contributed by atoms with Crippen molar-refractivity contribution in [1.82, 2.24) is 9.55 Å².